The predicted molar refractivity (Wildman–Crippen MR) is 122 cm³/mol. The summed E-state index contributed by atoms with van der Waals surface area (Å²) in [4.78, 5) is 38.9. The molecule has 11 heteroatoms. The van der Waals surface area contributed by atoms with Gasteiger partial charge in [0.2, 0.25) is 12.7 Å². The van der Waals surface area contributed by atoms with E-state index >= 15 is 0 Å². The smallest absolute Gasteiger partial charge is 0.332 e. The highest BCUT2D eigenvalue weighted by Crippen LogP contribution is 2.32. The van der Waals surface area contributed by atoms with Gasteiger partial charge in [0.05, 0.1) is 17.7 Å². The summed E-state index contributed by atoms with van der Waals surface area (Å²) in [5.41, 5.74) is -0.177. The lowest BCUT2D eigenvalue weighted by Gasteiger charge is -2.13. The number of aromatic nitrogens is 2. The van der Waals surface area contributed by atoms with Crippen molar-refractivity contribution in [1.82, 2.24) is 9.13 Å². The minimum Gasteiger partial charge on any atom is -0.454 e. The van der Waals surface area contributed by atoms with Gasteiger partial charge in [0.25, 0.3) is 5.56 Å². The van der Waals surface area contributed by atoms with E-state index < -0.39 is 29.5 Å². The van der Waals surface area contributed by atoms with Crippen molar-refractivity contribution in [1.29, 1.82) is 0 Å². The average molecular weight is 488 g/mol. The Morgan fingerprint density at radius 1 is 1.09 bits per heavy atom. The maximum Gasteiger partial charge on any atom is 0.332 e. The second-order valence-electron chi connectivity index (χ2n) is 7.25. The van der Waals surface area contributed by atoms with E-state index in [1.807, 2.05) is 0 Å². The summed E-state index contributed by atoms with van der Waals surface area (Å²) in [7, 11) is 0. The number of thiophene rings is 1. The Morgan fingerprint density at radius 3 is 2.73 bits per heavy atom. The van der Waals surface area contributed by atoms with Gasteiger partial charge < -0.3 is 14.8 Å². The van der Waals surface area contributed by atoms with Crippen molar-refractivity contribution in [2.45, 2.75) is 13.1 Å². The molecular weight excluding hydrogens is 473 g/mol. The molecule has 0 saturated heterocycles. The molecule has 0 atom stereocenters. The maximum atomic E-state index is 14.1. The molecule has 0 spiro atoms. The molecule has 168 valence electrons. The molecule has 0 aliphatic carbocycles. The van der Waals surface area contributed by atoms with Gasteiger partial charge in [-0.3, -0.25) is 18.7 Å². The molecule has 8 nitrogen and oxygen atoms in total. The van der Waals surface area contributed by atoms with E-state index in [2.05, 4.69) is 5.32 Å². The topological polar surface area (TPSA) is 91.6 Å². The van der Waals surface area contributed by atoms with E-state index in [-0.39, 0.29) is 24.0 Å². The van der Waals surface area contributed by atoms with Crippen LogP contribution in [0.15, 0.2) is 57.4 Å². The van der Waals surface area contributed by atoms with E-state index in [1.54, 1.807) is 29.6 Å². The first-order valence-corrected chi connectivity index (χ1v) is 11.0. The Labute approximate surface area is 194 Å². The lowest BCUT2D eigenvalue weighted by molar-refractivity contribution is -0.116. The Morgan fingerprint density at radius 2 is 1.91 bits per heavy atom. The van der Waals surface area contributed by atoms with Gasteiger partial charge in [0.15, 0.2) is 11.5 Å². The fraction of sp³-hybridized carbons (Fsp3) is 0.136. The van der Waals surface area contributed by atoms with Crippen LogP contribution in [0.2, 0.25) is 5.02 Å². The van der Waals surface area contributed by atoms with Crippen LogP contribution in [0.1, 0.15) is 5.56 Å². The molecule has 0 radical (unpaired) electrons. The molecule has 0 unspecified atom stereocenters. The molecular formula is C22H15ClFN3O5S. The van der Waals surface area contributed by atoms with Crippen LogP contribution in [0.5, 0.6) is 11.5 Å². The molecule has 0 bridgehead atoms. The first-order valence-electron chi connectivity index (χ1n) is 9.75. The summed E-state index contributed by atoms with van der Waals surface area (Å²) in [5.74, 6) is -0.207. The van der Waals surface area contributed by atoms with Crippen molar-refractivity contribution in [3.8, 4) is 11.5 Å². The Balaban J connectivity index is 1.50. The summed E-state index contributed by atoms with van der Waals surface area (Å²) < 4.78 is 27.3. The van der Waals surface area contributed by atoms with Crippen LogP contribution >= 0.6 is 22.9 Å². The van der Waals surface area contributed by atoms with Crippen LogP contribution in [0.4, 0.5) is 10.1 Å². The highest BCUT2D eigenvalue weighted by atomic mass is 35.5. The van der Waals surface area contributed by atoms with Gasteiger partial charge in [0, 0.05) is 5.02 Å². The van der Waals surface area contributed by atoms with E-state index in [0.29, 0.717) is 27.3 Å². The number of halogens is 2. The quantitative estimate of drug-likeness (QED) is 0.465. The zero-order valence-corrected chi connectivity index (χ0v) is 18.4. The highest BCUT2D eigenvalue weighted by molar-refractivity contribution is 7.17. The second kappa shape index (κ2) is 8.38. The molecule has 2 aromatic carbocycles. The van der Waals surface area contributed by atoms with Gasteiger partial charge in [-0.2, -0.15) is 0 Å². The minimum atomic E-state index is -0.698. The van der Waals surface area contributed by atoms with Crippen molar-refractivity contribution in [3.05, 3.63) is 85.1 Å². The molecule has 1 aliphatic rings. The predicted octanol–water partition coefficient (Wildman–Crippen LogP) is 3.43. The van der Waals surface area contributed by atoms with Crippen molar-refractivity contribution in [2.75, 3.05) is 12.1 Å². The van der Waals surface area contributed by atoms with E-state index in [0.717, 1.165) is 10.6 Å². The first kappa shape index (κ1) is 21.2. The van der Waals surface area contributed by atoms with Crippen LogP contribution in [0.3, 0.4) is 0 Å². The van der Waals surface area contributed by atoms with Gasteiger partial charge in [0.1, 0.15) is 17.1 Å². The molecule has 1 aliphatic heterocycles. The Hall–Kier alpha value is -3.63. The largest absolute Gasteiger partial charge is 0.454 e. The molecule has 1 amide bonds. The number of fused-ring (bicyclic) bond motifs is 2. The maximum absolute atomic E-state index is 14.1. The van der Waals surface area contributed by atoms with Gasteiger partial charge in [-0.25, -0.2) is 9.18 Å². The second-order valence-corrected chi connectivity index (χ2v) is 8.61. The molecule has 4 aromatic rings. The van der Waals surface area contributed by atoms with Crippen LogP contribution < -0.4 is 26.0 Å². The SMILES string of the molecule is O=C(Cn1c(=O)n(Cc2ccc3c(c2)OCO3)c(=O)c2sccc21)Nc1ccc(Cl)cc1F. The summed E-state index contributed by atoms with van der Waals surface area (Å²) in [5, 5.41) is 4.30. The molecule has 5 rings (SSSR count). The number of hydrogen-bond acceptors (Lipinski definition) is 6. The summed E-state index contributed by atoms with van der Waals surface area (Å²) in [6, 6.07) is 10.6. The summed E-state index contributed by atoms with van der Waals surface area (Å²) in [6.45, 7) is -0.318. The fourth-order valence-electron chi connectivity index (χ4n) is 3.57. The molecule has 1 N–H and O–H groups in total. The minimum absolute atomic E-state index is 0.0183. The number of amides is 1. The highest BCUT2D eigenvalue weighted by Gasteiger charge is 2.19. The third kappa shape index (κ3) is 3.98. The normalized spacial score (nSPS) is 12.3. The molecule has 3 heterocycles. The van der Waals surface area contributed by atoms with E-state index in [4.69, 9.17) is 21.1 Å². The van der Waals surface area contributed by atoms with Gasteiger partial charge in [-0.15, -0.1) is 11.3 Å². The van der Waals surface area contributed by atoms with Crippen molar-refractivity contribution in [2.24, 2.45) is 0 Å². The molecule has 0 fully saturated rings. The van der Waals surface area contributed by atoms with Crippen molar-refractivity contribution >= 4 is 44.7 Å². The lowest BCUT2D eigenvalue weighted by Crippen LogP contribution is -2.41. The number of rotatable bonds is 5. The Kier molecular flexibility index (Phi) is 5.39. The monoisotopic (exact) mass is 487 g/mol. The number of anilines is 1. The number of benzene rings is 2. The number of nitrogens with one attached hydrogen (secondary N) is 1. The summed E-state index contributed by atoms with van der Waals surface area (Å²) in [6.07, 6.45) is 0. The first-order chi connectivity index (χ1) is 15.9. The van der Waals surface area contributed by atoms with Crippen LogP contribution in [-0.4, -0.2) is 21.8 Å². The zero-order valence-electron chi connectivity index (χ0n) is 16.8. The van der Waals surface area contributed by atoms with E-state index in [1.165, 1.54) is 28.0 Å². The van der Waals surface area contributed by atoms with Gasteiger partial charge in [-0.05, 0) is 47.3 Å². The van der Waals surface area contributed by atoms with Gasteiger partial charge >= 0.3 is 5.69 Å². The Bertz CT molecular complexity index is 1530. The number of hydrogen-bond donors (Lipinski definition) is 1. The fourth-order valence-corrected chi connectivity index (χ4v) is 4.57. The third-order valence-corrected chi connectivity index (χ3v) is 6.25. The number of carbonyl (C=O) groups excluding carboxylic acids is 1. The average Bonchev–Trinajstić information content (AvgIpc) is 3.45. The van der Waals surface area contributed by atoms with E-state index in [9.17, 15) is 18.8 Å². The van der Waals surface area contributed by atoms with Crippen molar-refractivity contribution in [3.63, 3.8) is 0 Å². The van der Waals surface area contributed by atoms with Crippen molar-refractivity contribution < 1.29 is 18.7 Å². The van der Waals surface area contributed by atoms with Gasteiger partial charge in [-0.1, -0.05) is 17.7 Å². The van der Waals surface area contributed by atoms with Crippen LogP contribution in [0, 0.1) is 5.82 Å². The number of ether oxygens (including phenoxy) is 2. The lowest BCUT2D eigenvalue weighted by atomic mass is 10.2. The molecule has 33 heavy (non-hydrogen) atoms. The molecule has 2 aromatic heterocycles. The zero-order chi connectivity index (χ0) is 23.1. The summed E-state index contributed by atoms with van der Waals surface area (Å²) >= 11 is 6.92. The van der Waals surface area contributed by atoms with Crippen LogP contribution in [0.25, 0.3) is 10.2 Å². The number of nitrogens with zero attached hydrogens (tertiary/aromatic N) is 2. The molecule has 0 saturated carbocycles. The van der Waals surface area contributed by atoms with Crippen LogP contribution in [-0.2, 0) is 17.9 Å². The standard InChI is InChI=1S/C22H15ClFN3O5S/c23-13-2-3-15(14(24)8-13)25-19(28)10-26-16-5-6-33-20(16)21(29)27(22(26)30)9-12-1-4-17-18(7-12)32-11-31-17/h1-8H,9-11H2,(H,25,28). The third-order valence-electron chi connectivity index (χ3n) is 5.12. The number of carbonyl (C=O) groups is 1.